The highest BCUT2D eigenvalue weighted by atomic mass is 79.9. The Morgan fingerprint density at radius 1 is 1.53 bits per heavy atom. The van der Waals surface area contributed by atoms with Crippen LogP contribution in [0.15, 0.2) is 22.9 Å². The highest BCUT2D eigenvalue weighted by Crippen LogP contribution is 2.19. The zero-order valence-corrected chi connectivity index (χ0v) is 10.1. The first-order chi connectivity index (χ1) is 7.18. The average Bonchev–Trinajstić information content (AvgIpc) is 2.80. The van der Waals surface area contributed by atoms with Gasteiger partial charge in [0, 0.05) is 12.7 Å². The molecule has 0 saturated carbocycles. The van der Waals surface area contributed by atoms with Gasteiger partial charge in [0.25, 0.3) is 0 Å². The average molecular weight is 271 g/mol. The zero-order valence-electron chi connectivity index (χ0n) is 8.51. The van der Waals surface area contributed by atoms with Gasteiger partial charge in [0.05, 0.1) is 16.9 Å². The number of halogens is 1. The van der Waals surface area contributed by atoms with Gasteiger partial charge in [0.1, 0.15) is 5.69 Å². The van der Waals surface area contributed by atoms with Crippen LogP contribution < -0.4 is 4.84 Å². The first-order valence-electron chi connectivity index (χ1n) is 4.49. The summed E-state index contributed by atoms with van der Waals surface area (Å²) in [6, 6.07) is 1.80. The van der Waals surface area contributed by atoms with E-state index in [2.05, 4.69) is 26.1 Å². The van der Waals surface area contributed by atoms with Crippen LogP contribution in [0.3, 0.4) is 0 Å². The van der Waals surface area contributed by atoms with Crippen LogP contribution in [0.2, 0.25) is 0 Å². The fourth-order valence-corrected chi connectivity index (χ4v) is 1.65. The standard InChI is InChI=1S/C9H11BrN4O/c1-7-9(10)8(12-13(7)2)6-15-14-5-3-4-11-14/h3-5H,6H2,1-2H3. The van der Waals surface area contributed by atoms with Crippen molar-refractivity contribution in [1.82, 2.24) is 19.7 Å². The van der Waals surface area contributed by atoms with E-state index in [-0.39, 0.29) is 0 Å². The predicted molar refractivity (Wildman–Crippen MR) is 58.2 cm³/mol. The van der Waals surface area contributed by atoms with Crippen molar-refractivity contribution in [2.75, 3.05) is 0 Å². The fourth-order valence-electron chi connectivity index (χ4n) is 1.20. The molecule has 0 aliphatic carbocycles. The Hall–Kier alpha value is -1.30. The van der Waals surface area contributed by atoms with Crippen LogP contribution in [0.4, 0.5) is 0 Å². The molecule has 0 spiro atoms. The van der Waals surface area contributed by atoms with E-state index in [1.165, 1.54) is 4.85 Å². The predicted octanol–water partition coefficient (Wildman–Crippen LogP) is 1.32. The maximum Gasteiger partial charge on any atom is 0.162 e. The lowest BCUT2D eigenvalue weighted by atomic mass is 10.4. The SMILES string of the molecule is Cc1c(Br)c(COn2cccn2)nn1C. The lowest BCUT2D eigenvalue weighted by Crippen LogP contribution is -2.12. The van der Waals surface area contributed by atoms with Crippen molar-refractivity contribution in [3.8, 4) is 0 Å². The van der Waals surface area contributed by atoms with Gasteiger partial charge < -0.3 is 4.84 Å². The van der Waals surface area contributed by atoms with Crippen LogP contribution in [0.1, 0.15) is 11.4 Å². The van der Waals surface area contributed by atoms with Gasteiger partial charge >= 0.3 is 0 Å². The van der Waals surface area contributed by atoms with E-state index in [4.69, 9.17) is 4.84 Å². The summed E-state index contributed by atoms with van der Waals surface area (Å²) in [5.41, 5.74) is 1.94. The van der Waals surface area contributed by atoms with Crippen molar-refractivity contribution in [3.63, 3.8) is 0 Å². The third-order valence-electron chi connectivity index (χ3n) is 2.14. The molecule has 0 aliphatic heterocycles. The van der Waals surface area contributed by atoms with Gasteiger partial charge in [0.2, 0.25) is 0 Å². The van der Waals surface area contributed by atoms with Crippen molar-refractivity contribution in [2.24, 2.45) is 7.05 Å². The van der Waals surface area contributed by atoms with Crippen molar-refractivity contribution >= 4 is 15.9 Å². The molecule has 0 amide bonds. The second-order valence-corrected chi connectivity index (χ2v) is 3.94. The van der Waals surface area contributed by atoms with Crippen LogP contribution in [-0.4, -0.2) is 19.7 Å². The molecule has 0 bridgehead atoms. The molecule has 0 fully saturated rings. The number of hydrogen-bond donors (Lipinski definition) is 0. The van der Waals surface area contributed by atoms with E-state index in [0.29, 0.717) is 6.61 Å². The summed E-state index contributed by atoms with van der Waals surface area (Å²) in [4.78, 5) is 6.79. The molecule has 2 aromatic rings. The Kier molecular flexibility index (Phi) is 2.77. The Morgan fingerprint density at radius 3 is 2.87 bits per heavy atom. The smallest absolute Gasteiger partial charge is 0.162 e. The number of aromatic nitrogens is 4. The molecule has 0 unspecified atom stereocenters. The van der Waals surface area contributed by atoms with Crippen LogP contribution in [0, 0.1) is 6.92 Å². The summed E-state index contributed by atoms with van der Waals surface area (Å²) in [5, 5.41) is 8.25. The first kappa shape index (κ1) is 10.2. The molecule has 0 aromatic carbocycles. The Balaban J connectivity index is 2.08. The number of hydrogen-bond acceptors (Lipinski definition) is 3. The van der Waals surface area contributed by atoms with Crippen LogP contribution in [0.25, 0.3) is 0 Å². The molecule has 0 radical (unpaired) electrons. The summed E-state index contributed by atoms with van der Waals surface area (Å²) in [6.45, 7) is 2.39. The summed E-state index contributed by atoms with van der Waals surface area (Å²) in [6.07, 6.45) is 3.41. The van der Waals surface area contributed by atoms with Crippen LogP contribution >= 0.6 is 15.9 Å². The van der Waals surface area contributed by atoms with Gasteiger partial charge in [-0.25, -0.2) is 0 Å². The minimum absolute atomic E-state index is 0.393. The highest BCUT2D eigenvalue weighted by molar-refractivity contribution is 9.10. The lowest BCUT2D eigenvalue weighted by Gasteiger charge is -2.02. The molecular formula is C9H11BrN4O. The third-order valence-corrected chi connectivity index (χ3v) is 3.17. The van der Waals surface area contributed by atoms with Gasteiger partial charge in [-0.05, 0) is 28.9 Å². The number of aryl methyl sites for hydroxylation is 1. The molecular weight excluding hydrogens is 260 g/mol. The number of nitrogens with zero attached hydrogens (tertiary/aromatic N) is 4. The summed E-state index contributed by atoms with van der Waals surface area (Å²) in [5.74, 6) is 0. The third kappa shape index (κ3) is 2.04. The monoisotopic (exact) mass is 270 g/mol. The van der Waals surface area contributed by atoms with E-state index in [0.717, 1.165) is 15.9 Å². The minimum atomic E-state index is 0.393. The molecule has 15 heavy (non-hydrogen) atoms. The van der Waals surface area contributed by atoms with Gasteiger partial charge in [-0.3, -0.25) is 4.68 Å². The highest BCUT2D eigenvalue weighted by Gasteiger charge is 2.10. The van der Waals surface area contributed by atoms with Crippen molar-refractivity contribution < 1.29 is 4.84 Å². The largest absolute Gasteiger partial charge is 0.390 e. The Morgan fingerprint density at radius 2 is 2.33 bits per heavy atom. The molecule has 0 saturated heterocycles. The molecule has 2 aromatic heterocycles. The first-order valence-corrected chi connectivity index (χ1v) is 5.28. The maximum absolute atomic E-state index is 5.38. The van der Waals surface area contributed by atoms with Gasteiger partial charge in [-0.1, -0.05) is 0 Å². The van der Waals surface area contributed by atoms with Crippen molar-refractivity contribution in [2.45, 2.75) is 13.5 Å². The molecule has 6 heteroatoms. The second-order valence-electron chi connectivity index (χ2n) is 3.15. The quantitative estimate of drug-likeness (QED) is 0.845. The molecule has 80 valence electrons. The van der Waals surface area contributed by atoms with Gasteiger partial charge in [-0.15, -0.1) is 9.94 Å². The fraction of sp³-hybridized carbons (Fsp3) is 0.333. The summed E-state index contributed by atoms with van der Waals surface area (Å²) >= 11 is 3.47. The molecule has 5 nitrogen and oxygen atoms in total. The molecule has 0 aliphatic rings. The van der Waals surface area contributed by atoms with Gasteiger partial charge in [0.15, 0.2) is 6.61 Å². The van der Waals surface area contributed by atoms with Crippen LogP contribution in [-0.2, 0) is 13.7 Å². The summed E-state index contributed by atoms with van der Waals surface area (Å²) < 4.78 is 2.79. The molecule has 2 rings (SSSR count). The van der Waals surface area contributed by atoms with E-state index < -0.39 is 0 Å². The topological polar surface area (TPSA) is 44.9 Å². The van der Waals surface area contributed by atoms with E-state index in [1.54, 1.807) is 18.5 Å². The summed E-state index contributed by atoms with van der Waals surface area (Å²) in [7, 11) is 1.90. The second kappa shape index (κ2) is 4.06. The van der Waals surface area contributed by atoms with Crippen LogP contribution in [0.5, 0.6) is 0 Å². The van der Waals surface area contributed by atoms with E-state index in [1.807, 2.05) is 18.7 Å². The van der Waals surface area contributed by atoms with Crippen molar-refractivity contribution in [1.29, 1.82) is 0 Å². The molecule has 0 N–H and O–H groups in total. The molecule has 0 atom stereocenters. The van der Waals surface area contributed by atoms with E-state index in [9.17, 15) is 0 Å². The molecule has 2 heterocycles. The van der Waals surface area contributed by atoms with E-state index >= 15 is 0 Å². The zero-order chi connectivity index (χ0) is 10.8. The van der Waals surface area contributed by atoms with Gasteiger partial charge in [-0.2, -0.15) is 5.10 Å². The Labute approximate surface area is 95.7 Å². The normalized spacial score (nSPS) is 10.6. The van der Waals surface area contributed by atoms with Crippen molar-refractivity contribution in [3.05, 3.63) is 34.3 Å². The lowest BCUT2D eigenvalue weighted by molar-refractivity contribution is 0.0675. The maximum atomic E-state index is 5.38. The number of rotatable bonds is 3. The minimum Gasteiger partial charge on any atom is -0.390 e. The Bertz CT molecular complexity index is 449.